The number of rotatable bonds is 7. The summed E-state index contributed by atoms with van der Waals surface area (Å²) in [5.41, 5.74) is -0.847. The number of carbonyl (C=O) groups is 1. The number of carbonyl (C=O) groups excluding carboxylic acids is 1. The number of nitrogens with one attached hydrogen (secondary N) is 1. The molecule has 10 nitrogen and oxygen atoms in total. The van der Waals surface area contributed by atoms with Gasteiger partial charge in [-0.25, -0.2) is 4.79 Å². The van der Waals surface area contributed by atoms with Gasteiger partial charge in [-0.1, -0.05) is 30.3 Å². The Kier molecular flexibility index (Phi) is 5.81. The normalized spacial score (nSPS) is 12.7. The quantitative estimate of drug-likeness (QED) is 0.433. The van der Waals surface area contributed by atoms with Crippen LogP contribution in [0.5, 0.6) is 0 Å². The van der Waals surface area contributed by atoms with E-state index in [9.17, 15) is 30.1 Å². The van der Waals surface area contributed by atoms with Crippen molar-refractivity contribution in [3.63, 3.8) is 0 Å². The zero-order chi connectivity index (χ0) is 19.3. The van der Waals surface area contributed by atoms with E-state index < -0.39 is 39.3 Å². The Bertz CT molecular complexity index is 826. The number of hydrogen-bond donors (Lipinski definition) is 2. The molecule has 0 unspecified atom stereocenters. The largest absolute Gasteiger partial charge is 0.467 e. The summed E-state index contributed by atoms with van der Waals surface area (Å²) < 4.78 is 4.65. The van der Waals surface area contributed by atoms with Gasteiger partial charge in [-0.15, -0.1) is 0 Å². The fraction of sp³-hybridized carbons (Fsp3) is 0.188. The number of anilines is 1. The molecule has 10 heteroatoms. The van der Waals surface area contributed by atoms with Crippen LogP contribution < -0.4 is 5.32 Å². The maximum absolute atomic E-state index is 12.1. The van der Waals surface area contributed by atoms with Crippen molar-refractivity contribution in [1.29, 1.82) is 0 Å². The number of aliphatic hydroxyl groups excluding tert-OH is 1. The Balaban J connectivity index is 2.41. The van der Waals surface area contributed by atoms with Crippen molar-refractivity contribution in [3.05, 3.63) is 74.3 Å². The van der Waals surface area contributed by atoms with Gasteiger partial charge in [-0.05, 0) is 11.6 Å². The lowest BCUT2D eigenvalue weighted by Crippen LogP contribution is -2.36. The van der Waals surface area contributed by atoms with Crippen molar-refractivity contribution in [1.82, 2.24) is 0 Å². The molecule has 0 heterocycles. The van der Waals surface area contributed by atoms with E-state index in [1.807, 2.05) is 0 Å². The molecular weight excluding hydrogens is 346 g/mol. The average molecular weight is 361 g/mol. The fourth-order valence-corrected chi connectivity index (χ4v) is 2.31. The molecule has 0 amide bonds. The van der Waals surface area contributed by atoms with Crippen LogP contribution in [0.2, 0.25) is 0 Å². The van der Waals surface area contributed by atoms with Crippen LogP contribution in [-0.2, 0) is 9.53 Å². The summed E-state index contributed by atoms with van der Waals surface area (Å²) in [7, 11) is 1.11. The second-order valence-electron chi connectivity index (χ2n) is 5.22. The third-order valence-electron chi connectivity index (χ3n) is 3.61. The number of ether oxygens (including phenoxy) is 1. The molecular formula is C16H15N3O7. The van der Waals surface area contributed by atoms with E-state index in [1.54, 1.807) is 30.3 Å². The zero-order valence-corrected chi connectivity index (χ0v) is 13.6. The van der Waals surface area contributed by atoms with Crippen LogP contribution in [0.25, 0.3) is 0 Å². The summed E-state index contributed by atoms with van der Waals surface area (Å²) in [4.78, 5) is 32.5. The summed E-state index contributed by atoms with van der Waals surface area (Å²) in [6.45, 7) is 0. The van der Waals surface area contributed by atoms with E-state index in [4.69, 9.17) is 0 Å². The van der Waals surface area contributed by atoms with Crippen molar-refractivity contribution in [2.75, 3.05) is 12.4 Å². The molecule has 0 saturated carbocycles. The van der Waals surface area contributed by atoms with E-state index in [2.05, 4.69) is 10.1 Å². The van der Waals surface area contributed by atoms with Crippen LogP contribution in [-0.4, -0.2) is 34.1 Å². The molecule has 0 radical (unpaired) electrons. The van der Waals surface area contributed by atoms with E-state index >= 15 is 0 Å². The summed E-state index contributed by atoms with van der Waals surface area (Å²) in [5, 5.41) is 35.1. The van der Waals surface area contributed by atoms with E-state index in [0.29, 0.717) is 5.56 Å². The van der Waals surface area contributed by atoms with Gasteiger partial charge in [0.2, 0.25) is 0 Å². The maximum Gasteiger partial charge on any atom is 0.331 e. The Hall–Kier alpha value is -3.53. The Labute approximate surface area is 147 Å². The summed E-state index contributed by atoms with van der Waals surface area (Å²) in [5.74, 6) is -0.853. The fourth-order valence-electron chi connectivity index (χ4n) is 2.31. The molecule has 2 N–H and O–H groups in total. The lowest BCUT2D eigenvalue weighted by molar-refractivity contribution is -0.393. The first-order chi connectivity index (χ1) is 12.3. The Morgan fingerprint density at radius 2 is 1.77 bits per heavy atom. The molecule has 0 fully saturated rings. The van der Waals surface area contributed by atoms with Gasteiger partial charge in [0.25, 0.3) is 11.4 Å². The van der Waals surface area contributed by atoms with Crippen molar-refractivity contribution in [2.24, 2.45) is 0 Å². The average Bonchev–Trinajstić information content (AvgIpc) is 2.65. The highest BCUT2D eigenvalue weighted by Crippen LogP contribution is 2.31. The predicted molar refractivity (Wildman–Crippen MR) is 90.6 cm³/mol. The van der Waals surface area contributed by atoms with E-state index in [1.165, 1.54) is 0 Å². The molecule has 0 saturated heterocycles. The molecule has 136 valence electrons. The van der Waals surface area contributed by atoms with Crippen LogP contribution in [0.1, 0.15) is 11.7 Å². The molecule has 0 aliphatic heterocycles. The number of methoxy groups -OCH3 is 1. The molecule has 2 atom stereocenters. The summed E-state index contributed by atoms with van der Waals surface area (Å²) in [6.07, 6.45) is -1.36. The Morgan fingerprint density at radius 1 is 1.12 bits per heavy atom. The Morgan fingerprint density at radius 3 is 2.31 bits per heavy atom. The van der Waals surface area contributed by atoms with Gasteiger partial charge in [0.05, 0.1) is 23.0 Å². The van der Waals surface area contributed by atoms with E-state index in [-0.39, 0.29) is 5.69 Å². The minimum atomic E-state index is -1.36. The highest BCUT2D eigenvalue weighted by Gasteiger charge is 2.31. The number of aliphatic hydroxyl groups is 1. The second-order valence-corrected chi connectivity index (χ2v) is 5.22. The standard InChI is InChI=1S/C16H15N3O7/c1-26-16(21)14(15(20)10-5-3-2-4-6-10)17-12-8-7-11(18(22)23)9-13(12)19(24)25/h2-9,14-15,17,20H,1H3/t14-,15+/m1/s1. The van der Waals surface area contributed by atoms with Gasteiger partial charge in [0.15, 0.2) is 6.04 Å². The lowest BCUT2D eigenvalue weighted by Gasteiger charge is -2.23. The highest BCUT2D eigenvalue weighted by atomic mass is 16.6. The van der Waals surface area contributed by atoms with Crippen LogP contribution in [0.3, 0.4) is 0 Å². The van der Waals surface area contributed by atoms with Gasteiger partial charge >= 0.3 is 5.97 Å². The molecule has 0 aliphatic carbocycles. The third-order valence-corrected chi connectivity index (χ3v) is 3.61. The first-order valence-electron chi connectivity index (χ1n) is 7.35. The number of esters is 1. The smallest absolute Gasteiger partial charge is 0.331 e. The number of hydrogen-bond acceptors (Lipinski definition) is 8. The van der Waals surface area contributed by atoms with E-state index in [0.717, 1.165) is 25.3 Å². The van der Waals surface area contributed by atoms with Crippen molar-refractivity contribution in [3.8, 4) is 0 Å². The summed E-state index contributed by atoms with van der Waals surface area (Å²) in [6, 6.07) is 9.75. The first-order valence-corrected chi connectivity index (χ1v) is 7.35. The topological polar surface area (TPSA) is 145 Å². The number of nitro benzene ring substituents is 2. The number of nitrogens with zero attached hydrogens (tertiary/aromatic N) is 2. The van der Waals surface area contributed by atoms with Crippen LogP contribution >= 0.6 is 0 Å². The molecule has 2 rings (SSSR count). The molecule has 0 aromatic heterocycles. The minimum Gasteiger partial charge on any atom is -0.467 e. The number of benzene rings is 2. The molecule has 0 bridgehead atoms. The molecule has 0 aliphatic rings. The van der Waals surface area contributed by atoms with Gasteiger partial charge in [0, 0.05) is 6.07 Å². The van der Waals surface area contributed by atoms with Crippen LogP contribution in [0, 0.1) is 20.2 Å². The maximum atomic E-state index is 12.1. The third kappa shape index (κ3) is 4.11. The monoisotopic (exact) mass is 361 g/mol. The molecule has 2 aromatic rings. The SMILES string of the molecule is COC(=O)[C@H](Nc1ccc([N+](=O)[O-])cc1[N+](=O)[O-])[C@@H](O)c1ccccc1. The van der Waals surface area contributed by atoms with Gasteiger partial charge in [0.1, 0.15) is 11.8 Å². The van der Waals surface area contributed by atoms with Crippen molar-refractivity contribution < 1.29 is 24.5 Å². The molecule has 2 aromatic carbocycles. The zero-order valence-electron chi connectivity index (χ0n) is 13.6. The second kappa shape index (κ2) is 8.03. The first kappa shape index (κ1) is 18.8. The van der Waals surface area contributed by atoms with Crippen molar-refractivity contribution >= 4 is 23.0 Å². The summed E-state index contributed by atoms with van der Waals surface area (Å²) >= 11 is 0. The van der Waals surface area contributed by atoms with Gasteiger partial charge in [-0.2, -0.15) is 0 Å². The van der Waals surface area contributed by atoms with Gasteiger partial charge < -0.3 is 15.2 Å². The highest BCUT2D eigenvalue weighted by molar-refractivity contribution is 5.82. The molecule has 0 spiro atoms. The van der Waals surface area contributed by atoms with Crippen LogP contribution in [0.4, 0.5) is 17.1 Å². The van der Waals surface area contributed by atoms with Gasteiger partial charge in [-0.3, -0.25) is 20.2 Å². The number of non-ortho nitro benzene ring substituents is 1. The lowest BCUT2D eigenvalue weighted by atomic mass is 10.0. The minimum absolute atomic E-state index is 0.161. The molecule has 26 heavy (non-hydrogen) atoms. The predicted octanol–water partition coefficient (Wildman–Crippen LogP) is 2.19. The number of nitro groups is 2. The van der Waals surface area contributed by atoms with Crippen LogP contribution in [0.15, 0.2) is 48.5 Å². The van der Waals surface area contributed by atoms with Crippen molar-refractivity contribution in [2.45, 2.75) is 12.1 Å².